The van der Waals surface area contributed by atoms with E-state index in [1.54, 1.807) is 33.5 Å². The number of anilines is 1. The molecule has 2 fully saturated rings. The number of hydrogen-bond acceptors (Lipinski definition) is 7. The van der Waals surface area contributed by atoms with Gasteiger partial charge < -0.3 is 4.74 Å². The van der Waals surface area contributed by atoms with Gasteiger partial charge in [0.2, 0.25) is 10.0 Å². The van der Waals surface area contributed by atoms with Crippen molar-refractivity contribution in [3.63, 3.8) is 0 Å². The van der Waals surface area contributed by atoms with Crippen LogP contribution in [0, 0.1) is 19.8 Å². The lowest BCUT2D eigenvalue weighted by Crippen LogP contribution is -2.39. The van der Waals surface area contributed by atoms with Gasteiger partial charge in [0.15, 0.2) is 5.13 Å². The minimum Gasteiger partial charge on any atom is -0.379 e. The number of morpholine rings is 1. The molecule has 210 valence electrons. The molecule has 5 rings (SSSR count). The van der Waals surface area contributed by atoms with Crippen LogP contribution in [0.5, 0.6) is 0 Å². The number of nitrogens with zero attached hydrogens (tertiary/aromatic N) is 4. The van der Waals surface area contributed by atoms with Crippen LogP contribution in [0.1, 0.15) is 47.7 Å². The molecule has 0 spiro atoms. The van der Waals surface area contributed by atoms with Gasteiger partial charge in [-0.05, 0) is 80.5 Å². The molecular formula is C29H38N4O4S2. The van der Waals surface area contributed by atoms with Gasteiger partial charge in [-0.25, -0.2) is 13.4 Å². The van der Waals surface area contributed by atoms with Crippen molar-refractivity contribution >= 4 is 42.6 Å². The van der Waals surface area contributed by atoms with E-state index in [0.29, 0.717) is 36.2 Å². The van der Waals surface area contributed by atoms with Gasteiger partial charge in [0, 0.05) is 44.8 Å². The highest BCUT2D eigenvalue weighted by Crippen LogP contribution is 2.33. The van der Waals surface area contributed by atoms with Crippen LogP contribution in [0.25, 0.3) is 10.2 Å². The number of carbonyl (C=O) groups excluding carboxylic acids is 1. The number of hydrogen-bond donors (Lipinski definition) is 0. The van der Waals surface area contributed by atoms with Crippen molar-refractivity contribution in [3.8, 4) is 0 Å². The maximum atomic E-state index is 13.9. The molecule has 0 aliphatic carbocycles. The molecule has 1 amide bonds. The summed E-state index contributed by atoms with van der Waals surface area (Å²) in [5.41, 5.74) is 3.65. The van der Waals surface area contributed by atoms with Crippen molar-refractivity contribution in [2.45, 2.75) is 44.9 Å². The molecule has 1 aromatic heterocycles. The highest BCUT2D eigenvalue weighted by atomic mass is 32.2. The molecule has 2 aliphatic heterocycles. The van der Waals surface area contributed by atoms with E-state index in [9.17, 15) is 13.2 Å². The summed E-state index contributed by atoms with van der Waals surface area (Å²) in [5, 5.41) is 0.671. The second kappa shape index (κ2) is 12.0. The number of rotatable bonds is 8. The molecular weight excluding hydrogens is 532 g/mol. The molecule has 39 heavy (non-hydrogen) atoms. The highest BCUT2D eigenvalue weighted by Gasteiger charge is 2.29. The fraction of sp³-hybridized carbons (Fsp3) is 0.517. The first-order valence-corrected chi connectivity index (χ1v) is 16.1. The second-order valence-corrected chi connectivity index (χ2v) is 13.7. The summed E-state index contributed by atoms with van der Waals surface area (Å²) in [6.45, 7) is 12.1. The number of benzene rings is 2. The first-order chi connectivity index (χ1) is 18.7. The van der Waals surface area contributed by atoms with Crippen LogP contribution < -0.4 is 4.90 Å². The van der Waals surface area contributed by atoms with Gasteiger partial charge in [0.25, 0.3) is 5.91 Å². The van der Waals surface area contributed by atoms with Gasteiger partial charge in [-0.3, -0.25) is 14.6 Å². The summed E-state index contributed by atoms with van der Waals surface area (Å²) in [7, 11) is -3.57. The van der Waals surface area contributed by atoms with Crippen molar-refractivity contribution in [1.82, 2.24) is 14.2 Å². The Balaban J connectivity index is 1.38. The van der Waals surface area contributed by atoms with Crippen molar-refractivity contribution in [3.05, 3.63) is 53.1 Å². The van der Waals surface area contributed by atoms with Crippen LogP contribution >= 0.6 is 11.3 Å². The SMILES string of the molecule is Cc1cc(C)c2sc(N(CCCN3CCOCC3)C(=O)c3ccc(S(=O)(=O)N4CCC(C)CC4)cc3)nc2c1. The van der Waals surface area contributed by atoms with E-state index in [-0.39, 0.29) is 10.8 Å². The van der Waals surface area contributed by atoms with Crippen molar-refractivity contribution in [2.75, 3.05) is 57.4 Å². The Morgan fingerprint density at radius 3 is 2.46 bits per heavy atom. The van der Waals surface area contributed by atoms with Gasteiger partial charge >= 0.3 is 0 Å². The average Bonchev–Trinajstić information content (AvgIpc) is 3.36. The molecule has 0 N–H and O–H groups in total. The van der Waals surface area contributed by atoms with E-state index in [2.05, 4.69) is 37.8 Å². The second-order valence-electron chi connectivity index (χ2n) is 10.8. The number of amides is 1. The molecule has 8 nitrogen and oxygen atoms in total. The normalized spacial score (nSPS) is 18.0. The van der Waals surface area contributed by atoms with Gasteiger partial charge in [0.1, 0.15) is 0 Å². The van der Waals surface area contributed by atoms with E-state index in [0.717, 1.165) is 73.5 Å². The highest BCUT2D eigenvalue weighted by molar-refractivity contribution is 7.89. The Morgan fingerprint density at radius 2 is 1.77 bits per heavy atom. The topological polar surface area (TPSA) is 83.0 Å². The zero-order valence-corrected chi connectivity index (χ0v) is 24.7. The smallest absolute Gasteiger partial charge is 0.260 e. The Hall–Kier alpha value is -2.37. The molecule has 2 aliphatic rings. The summed E-state index contributed by atoms with van der Waals surface area (Å²) in [6.07, 6.45) is 2.55. The van der Waals surface area contributed by atoms with Crippen molar-refractivity contribution in [2.24, 2.45) is 5.92 Å². The Bertz CT molecular complexity index is 1410. The van der Waals surface area contributed by atoms with E-state index in [1.165, 1.54) is 11.3 Å². The molecule has 3 heterocycles. The van der Waals surface area contributed by atoms with Crippen molar-refractivity contribution in [1.29, 1.82) is 0 Å². The Labute approximate surface area is 235 Å². The van der Waals surface area contributed by atoms with Gasteiger partial charge in [-0.1, -0.05) is 24.3 Å². The monoisotopic (exact) mass is 570 g/mol. The number of thiazole rings is 1. The van der Waals surface area contributed by atoms with E-state index in [1.807, 2.05) is 0 Å². The summed E-state index contributed by atoms with van der Waals surface area (Å²) in [5.74, 6) is 0.377. The number of piperidine rings is 1. The summed E-state index contributed by atoms with van der Waals surface area (Å²) >= 11 is 1.53. The van der Waals surface area contributed by atoms with Crippen LogP contribution in [0.4, 0.5) is 5.13 Å². The minimum atomic E-state index is -3.57. The molecule has 0 saturated carbocycles. The Kier molecular flexibility index (Phi) is 8.68. The Morgan fingerprint density at radius 1 is 1.08 bits per heavy atom. The fourth-order valence-electron chi connectivity index (χ4n) is 5.34. The van der Waals surface area contributed by atoms with Crippen LogP contribution in [0.15, 0.2) is 41.3 Å². The first-order valence-electron chi connectivity index (χ1n) is 13.8. The fourth-order valence-corrected chi connectivity index (χ4v) is 7.85. The number of sulfonamides is 1. The van der Waals surface area contributed by atoms with Gasteiger partial charge in [-0.2, -0.15) is 4.31 Å². The largest absolute Gasteiger partial charge is 0.379 e. The van der Waals surface area contributed by atoms with Gasteiger partial charge in [0.05, 0.1) is 28.3 Å². The standard InChI is InChI=1S/C29H38N4O4S2/c1-21-9-13-32(14-10-21)39(35,36)25-7-5-24(6-8-25)28(34)33(12-4-11-31-15-17-37-18-16-31)29-30-26-20-22(2)19-23(3)27(26)38-29/h5-8,19-21H,4,9-18H2,1-3H3. The summed E-state index contributed by atoms with van der Waals surface area (Å²) < 4.78 is 34.5. The van der Waals surface area contributed by atoms with Gasteiger partial charge in [-0.15, -0.1) is 0 Å². The number of aromatic nitrogens is 1. The third-order valence-electron chi connectivity index (χ3n) is 7.73. The predicted molar refractivity (Wildman–Crippen MR) is 156 cm³/mol. The van der Waals surface area contributed by atoms with Crippen molar-refractivity contribution < 1.29 is 17.9 Å². The third kappa shape index (κ3) is 6.36. The van der Waals surface area contributed by atoms with Crippen LogP contribution in [-0.2, 0) is 14.8 Å². The molecule has 0 radical (unpaired) electrons. The molecule has 3 aromatic rings. The lowest BCUT2D eigenvalue weighted by atomic mass is 10.0. The van der Waals surface area contributed by atoms with E-state index < -0.39 is 10.0 Å². The molecule has 10 heteroatoms. The molecule has 0 bridgehead atoms. The lowest BCUT2D eigenvalue weighted by Gasteiger charge is -2.29. The number of fused-ring (bicyclic) bond motifs is 1. The van der Waals surface area contributed by atoms with E-state index in [4.69, 9.17) is 9.72 Å². The van der Waals surface area contributed by atoms with Crippen LogP contribution in [-0.4, -0.2) is 81.0 Å². The summed E-state index contributed by atoms with van der Waals surface area (Å²) in [4.78, 5) is 23.1. The molecule has 2 aromatic carbocycles. The molecule has 2 saturated heterocycles. The minimum absolute atomic E-state index is 0.166. The summed E-state index contributed by atoms with van der Waals surface area (Å²) in [6, 6.07) is 10.6. The van der Waals surface area contributed by atoms with Crippen LogP contribution in [0.3, 0.4) is 0 Å². The first kappa shape index (κ1) is 28.2. The number of ether oxygens (including phenoxy) is 1. The third-order valence-corrected chi connectivity index (χ3v) is 10.9. The number of aryl methyl sites for hydroxylation is 2. The zero-order valence-electron chi connectivity index (χ0n) is 23.1. The molecule has 0 atom stereocenters. The lowest BCUT2D eigenvalue weighted by molar-refractivity contribution is 0.0376. The van der Waals surface area contributed by atoms with E-state index >= 15 is 0 Å². The maximum absolute atomic E-state index is 13.9. The zero-order chi connectivity index (χ0) is 27.6. The van der Waals surface area contributed by atoms with Crippen LogP contribution in [0.2, 0.25) is 0 Å². The maximum Gasteiger partial charge on any atom is 0.260 e. The quantitative estimate of drug-likeness (QED) is 0.390. The number of carbonyl (C=O) groups is 1. The molecule has 0 unspecified atom stereocenters. The predicted octanol–water partition coefficient (Wildman–Crippen LogP) is 4.70. The average molecular weight is 571 g/mol.